The summed E-state index contributed by atoms with van der Waals surface area (Å²) in [6.07, 6.45) is 2.48. The van der Waals surface area contributed by atoms with E-state index in [0.717, 1.165) is 34.9 Å². The van der Waals surface area contributed by atoms with E-state index in [9.17, 15) is 19.7 Å². The zero-order valence-corrected chi connectivity index (χ0v) is 12.4. The van der Waals surface area contributed by atoms with Gasteiger partial charge < -0.3 is 4.74 Å². The summed E-state index contributed by atoms with van der Waals surface area (Å²) in [6, 6.07) is 12.0. The van der Waals surface area contributed by atoms with Gasteiger partial charge in [0.25, 0.3) is 11.2 Å². The smallest absolute Gasteiger partial charge is 0.326 e. The normalized spacial score (nSPS) is 10.3. The Morgan fingerprint density at radius 2 is 1.91 bits per heavy atom. The van der Waals surface area contributed by atoms with Crippen LogP contribution in [0.4, 0.5) is 5.69 Å². The van der Waals surface area contributed by atoms with Crippen molar-refractivity contribution < 1.29 is 14.5 Å². The summed E-state index contributed by atoms with van der Waals surface area (Å²) in [6.45, 7) is -0.108. The Labute approximate surface area is 132 Å². The molecule has 1 aromatic carbocycles. The lowest BCUT2D eigenvalue weighted by molar-refractivity contribution is -0.385. The van der Waals surface area contributed by atoms with Crippen molar-refractivity contribution in [2.75, 3.05) is 6.61 Å². The van der Waals surface area contributed by atoms with E-state index in [-0.39, 0.29) is 18.8 Å². The zero-order valence-electron chi connectivity index (χ0n) is 12.4. The number of carbonyl (C=O) groups is 1. The number of ether oxygens (including phenoxy) is 1. The van der Waals surface area contributed by atoms with Crippen LogP contribution in [-0.2, 0) is 22.5 Å². The van der Waals surface area contributed by atoms with E-state index in [4.69, 9.17) is 4.74 Å². The molecule has 2 rings (SSSR count). The number of nitro groups is 1. The average Bonchev–Trinajstić information content (AvgIpc) is 2.54. The highest BCUT2D eigenvalue weighted by atomic mass is 16.6. The fourth-order valence-electron chi connectivity index (χ4n) is 2.04. The van der Waals surface area contributed by atoms with Crippen molar-refractivity contribution in [3.05, 3.63) is 74.7 Å². The van der Waals surface area contributed by atoms with E-state index in [2.05, 4.69) is 0 Å². The van der Waals surface area contributed by atoms with Crippen LogP contribution < -0.4 is 5.56 Å². The zero-order chi connectivity index (χ0) is 16.7. The summed E-state index contributed by atoms with van der Waals surface area (Å²) in [7, 11) is 0. The number of nitrogens with zero attached hydrogens (tertiary/aromatic N) is 2. The van der Waals surface area contributed by atoms with Gasteiger partial charge in [-0.3, -0.25) is 24.3 Å². The Kier molecular flexibility index (Phi) is 5.62. The van der Waals surface area contributed by atoms with Crippen molar-refractivity contribution in [1.82, 2.24) is 4.57 Å². The fraction of sp³-hybridized carbons (Fsp3) is 0.250. The maximum atomic E-state index is 11.7. The topological polar surface area (TPSA) is 91.4 Å². The van der Waals surface area contributed by atoms with E-state index in [1.807, 2.05) is 30.3 Å². The van der Waals surface area contributed by atoms with Crippen LogP contribution in [0.3, 0.4) is 0 Å². The van der Waals surface area contributed by atoms with Gasteiger partial charge in [0.05, 0.1) is 17.7 Å². The van der Waals surface area contributed by atoms with Gasteiger partial charge in [0.1, 0.15) is 6.54 Å². The lowest BCUT2D eigenvalue weighted by Gasteiger charge is -2.07. The van der Waals surface area contributed by atoms with Gasteiger partial charge in [0, 0.05) is 12.1 Å². The van der Waals surface area contributed by atoms with Gasteiger partial charge in [-0.2, -0.15) is 0 Å². The van der Waals surface area contributed by atoms with Crippen molar-refractivity contribution in [2.24, 2.45) is 0 Å². The van der Waals surface area contributed by atoms with Crippen molar-refractivity contribution in [2.45, 2.75) is 19.4 Å². The number of rotatable bonds is 7. The number of esters is 1. The molecule has 1 aromatic heterocycles. The highest BCUT2D eigenvalue weighted by Crippen LogP contribution is 2.06. The monoisotopic (exact) mass is 316 g/mol. The van der Waals surface area contributed by atoms with Gasteiger partial charge >= 0.3 is 5.97 Å². The van der Waals surface area contributed by atoms with Crippen LogP contribution in [-0.4, -0.2) is 22.1 Å². The third kappa shape index (κ3) is 5.06. The van der Waals surface area contributed by atoms with Gasteiger partial charge in [0.15, 0.2) is 0 Å². The van der Waals surface area contributed by atoms with Gasteiger partial charge in [-0.25, -0.2) is 0 Å². The highest BCUT2D eigenvalue weighted by molar-refractivity contribution is 5.69. The van der Waals surface area contributed by atoms with Crippen LogP contribution in [0.1, 0.15) is 12.0 Å². The standard InChI is InChI=1S/C16H16N2O5/c19-15-9-8-14(18(21)22)11-17(15)12-16(20)23-10-4-7-13-5-2-1-3-6-13/h1-3,5-6,8-9,11H,4,7,10,12H2. The molecule has 0 fully saturated rings. The lowest BCUT2D eigenvalue weighted by atomic mass is 10.1. The summed E-state index contributed by atoms with van der Waals surface area (Å²) in [5.74, 6) is -0.597. The second-order valence-corrected chi connectivity index (χ2v) is 4.92. The molecule has 0 bridgehead atoms. The van der Waals surface area contributed by atoms with Crippen LogP contribution >= 0.6 is 0 Å². The molecule has 0 saturated carbocycles. The maximum Gasteiger partial charge on any atom is 0.326 e. The molecule has 0 aliphatic heterocycles. The van der Waals surface area contributed by atoms with Crippen LogP contribution in [0.5, 0.6) is 0 Å². The molecule has 0 saturated heterocycles. The summed E-state index contributed by atoms with van der Waals surface area (Å²) < 4.78 is 6.02. The van der Waals surface area contributed by atoms with Crippen LogP contribution in [0.15, 0.2) is 53.5 Å². The molecule has 0 aliphatic carbocycles. The summed E-state index contributed by atoms with van der Waals surface area (Å²) in [4.78, 5) is 33.3. The Balaban J connectivity index is 1.82. The molecule has 0 radical (unpaired) electrons. The first-order valence-electron chi connectivity index (χ1n) is 7.10. The maximum absolute atomic E-state index is 11.7. The molecular formula is C16H16N2O5. The number of carbonyl (C=O) groups excluding carboxylic acids is 1. The van der Waals surface area contributed by atoms with Crippen molar-refractivity contribution in [3.8, 4) is 0 Å². The molecule has 7 heteroatoms. The fourth-order valence-corrected chi connectivity index (χ4v) is 2.04. The number of aryl methyl sites for hydroxylation is 1. The molecule has 0 amide bonds. The lowest BCUT2D eigenvalue weighted by Crippen LogP contribution is -2.24. The molecular weight excluding hydrogens is 300 g/mol. The van der Waals surface area contributed by atoms with Crippen molar-refractivity contribution in [1.29, 1.82) is 0 Å². The third-order valence-corrected chi connectivity index (χ3v) is 3.19. The first kappa shape index (κ1) is 16.4. The quantitative estimate of drug-likeness (QED) is 0.337. The Morgan fingerprint density at radius 3 is 2.61 bits per heavy atom. The van der Waals surface area contributed by atoms with Crippen LogP contribution in [0, 0.1) is 10.1 Å². The van der Waals surface area contributed by atoms with Gasteiger partial charge in [0.2, 0.25) is 0 Å². The SMILES string of the molecule is O=C(Cn1cc([N+](=O)[O-])ccc1=O)OCCCc1ccccc1. The number of aromatic nitrogens is 1. The number of hydrogen-bond acceptors (Lipinski definition) is 5. The Morgan fingerprint density at radius 1 is 1.17 bits per heavy atom. The molecule has 7 nitrogen and oxygen atoms in total. The molecule has 120 valence electrons. The minimum atomic E-state index is -0.624. The molecule has 0 spiro atoms. The van der Waals surface area contributed by atoms with Crippen LogP contribution in [0.25, 0.3) is 0 Å². The first-order chi connectivity index (χ1) is 11.1. The average molecular weight is 316 g/mol. The van der Waals surface area contributed by atoms with Gasteiger partial charge in [-0.15, -0.1) is 0 Å². The molecule has 0 unspecified atom stereocenters. The molecule has 1 heterocycles. The van der Waals surface area contributed by atoms with Gasteiger partial charge in [-0.05, 0) is 18.4 Å². The second-order valence-electron chi connectivity index (χ2n) is 4.92. The first-order valence-corrected chi connectivity index (χ1v) is 7.10. The van der Waals surface area contributed by atoms with Crippen molar-refractivity contribution >= 4 is 11.7 Å². The number of pyridine rings is 1. The van der Waals surface area contributed by atoms with E-state index in [1.165, 1.54) is 0 Å². The molecule has 0 atom stereocenters. The Hall–Kier alpha value is -2.96. The Bertz CT molecular complexity index is 740. The molecule has 0 aliphatic rings. The summed E-state index contributed by atoms with van der Waals surface area (Å²) in [5.41, 5.74) is 0.414. The predicted octanol–water partition coefficient (Wildman–Crippen LogP) is 1.93. The second kappa shape index (κ2) is 7.88. The van der Waals surface area contributed by atoms with E-state index in [1.54, 1.807) is 0 Å². The number of benzene rings is 1. The van der Waals surface area contributed by atoms with Crippen molar-refractivity contribution in [3.63, 3.8) is 0 Å². The summed E-state index contributed by atoms with van der Waals surface area (Å²) in [5, 5.41) is 10.7. The largest absolute Gasteiger partial charge is 0.464 e. The minimum absolute atomic E-state index is 0.234. The number of hydrogen-bond donors (Lipinski definition) is 0. The van der Waals surface area contributed by atoms with E-state index >= 15 is 0 Å². The minimum Gasteiger partial charge on any atom is -0.464 e. The van der Waals surface area contributed by atoms with Crippen LogP contribution in [0.2, 0.25) is 0 Å². The third-order valence-electron chi connectivity index (χ3n) is 3.19. The summed E-state index contributed by atoms with van der Waals surface area (Å²) >= 11 is 0. The predicted molar refractivity (Wildman–Crippen MR) is 83.1 cm³/mol. The molecule has 2 aromatic rings. The van der Waals surface area contributed by atoms with E-state index < -0.39 is 16.5 Å². The molecule has 23 heavy (non-hydrogen) atoms. The van der Waals surface area contributed by atoms with Gasteiger partial charge in [-0.1, -0.05) is 30.3 Å². The van der Waals surface area contributed by atoms with E-state index in [0.29, 0.717) is 6.42 Å². The highest BCUT2D eigenvalue weighted by Gasteiger charge is 2.11. The molecule has 0 N–H and O–H groups in total.